The van der Waals surface area contributed by atoms with Gasteiger partial charge in [-0.1, -0.05) is 48.8 Å². The van der Waals surface area contributed by atoms with E-state index in [4.69, 9.17) is 11.6 Å². The van der Waals surface area contributed by atoms with Crippen LogP contribution in [0.1, 0.15) is 25.0 Å². The second-order valence-corrected chi connectivity index (χ2v) is 9.86. The highest BCUT2D eigenvalue weighted by atomic mass is 35.5. The number of nitrogens with one attached hydrogen (secondary N) is 1. The van der Waals surface area contributed by atoms with Crippen LogP contribution in [0.15, 0.2) is 70.0 Å². The molecule has 5 nitrogen and oxygen atoms in total. The quantitative estimate of drug-likeness (QED) is 0.327. The van der Waals surface area contributed by atoms with Crippen LogP contribution in [0.2, 0.25) is 5.02 Å². The average molecular weight is 500 g/mol. The molecule has 1 aliphatic heterocycles. The van der Waals surface area contributed by atoms with Crippen molar-refractivity contribution in [3.63, 3.8) is 0 Å². The molecule has 1 aliphatic rings. The van der Waals surface area contributed by atoms with Crippen LogP contribution in [0.25, 0.3) is 22.5 Å². The number of fused-ring (bicyclic) bond motifs is 1. The summed E-state index contributed by atoms with van der Waals surface area (Å²) in [5.74, 6) is -0.400. The molecule has 0 unspecified atom stereocenters. The number of alkyl halides is 3. The Morgan fingerprint density at radius 1 is 1.03 bits per heavy atom. The number of hydrogen-bond acceptors (Lipinski definition) is 4. The van der Waals surface area contributed by atoms with Crippen LogP contribution in [0.4, 0.5) is 24.5 Å². The fraction of sp³-hybridized carbons (Fsp3) is 0.231. The van der Waals surface area contributed by atoms with E-state index in [2.05, 4.69) is 33.4 Å². The van der Waals surface area contributed by atoms with E-state index in [1.54, 1.807) is 6.07 Å². The van der Waals surface area contributed by atoms with E-state index in [0.29, 0.717) is 10.6 Å². The normalized spacial score (nSPS) is 15.2. The highest BCUT2D eigenvalue weighted by Crippen LogP contribution is 2.43. The number of H-pyrrole nitrogens is 1. The molecule has 4 aromatic rings. The SMILES string of the molecule is CC1(C)Cc2cc(-c3ccc(C(F)(F)F)cc3)ccc2N(c2ccc(-c3noc(=O)[nH]3)c(Cl)c2)C1. The monoisotopic (exact) mass is 499 g/mol. The van der Waals surface area contributed by atoms with E-state index >= 15 is 0 Å². The Kier molecular flexibility index (Phi) is 5.51. The van der Waals surface area contributed by atoms with E-state index in [1.807, 2.05) is 30.3 Å². The standard InChI is InChI=1S/C26H21ClF3N3O2/c1-25(2)13-17-11-16(15-3-6-18(7-4-15)26(28,29)30)5-10-22(17)33(14-25)19-8-9-20(21(27)12-19)23-31-24(34)35-32-23/h3-12H,13-14H2,1-2H3,(H,31,32,34). The largest absolute Gasteiger partial charge is 0.439 e. The molecule has 0 radical (unpaired) electrons. The summed E-state index contributed by atoms with van der Waals surface area (Å²) in [6.07, 6.45) is -3.54. The zero-order valence-electron chi connectivity index (χ0n) is 18.9. The molecule has 180 valence electrons. The van der Waals surface area contributed by atoms with E-state index in [0.717, 1.165) is 53.2 Å². The van der Waals surface area contributed by atoms with Gasteiger partial charge in [0.1, 0.15) is 0 Å². The summed E-state index contributed by atoms with van der Waals surface area (Å²) in [4.78, 5) is 16.0. The molecule has 2 heterocycles. The molecule has 5 rings (SSSR count). The first-order chi connectivity index (χ1) is 16.5. The Labute approximate surface area is 204 Å². The Balaban J connectivity index is 1.51. The van der Waals surface area contributed by atoms with Crippen molar-refractivity contribution in [1.82, 2.24) is 10.1 Å². The lowest BCUT2D eigenvalue weighted by molar-refractivity contribution is -0.137. The molecular formula is C26H21ClF3N3O2. The van der Waals surface area contributed by atoms with Gasteiger partial charge in [-0.2, -0.15) is 13.2 Å². The number of halogens is 4. The van der Waals surface area contributed by atoms with Crippen molar-refractivity contribution >= 4 is 23.0 Å². The fourth-order valence-corrected chi connectivity index (χ4v) is 4.81. The van der Waals surface area contributed by atoms with Crippen molar-refractivity contribution in [2.45, 2.75) is 26.4 Å². The van der Waals surface area contributed by atoms with Gasteiger partial charge in [-0.25, -0.2) is 4.79 Å². The smallest absolute Gasteiger partial charge is 0.341 e. The zero-order chi connectivity index (χ0) is 25.0. The number of benzene rings is 3. The molecule has 9 heteroatoms. The molecule has 35 heavy (non-hydrogen) atoms. The van der Waals surface area contributed by atoms with Crippen molar-refractivity contribution in [2.75, 3.05) is 11.4 Å². The summed E-state index contributed by atoms with van der Waals surface area (Å²) in [6.45, 7) is 5.09. The van der Waals surface area contributed by atoms with Gasteiger partial charge in [-0.3, -0.25) is 9.51 Å². The van der Waals surface area contributed by atoms with Crippen LogP contribution in [-0.2, 0) is 12.6 Å². The van der Waals surface area contributed by atoms with E-state index < -0.39 is 17.5 Å². The summed E-state index contributed by atoms with van der Waals surface area (Å²) in [5.41, 5.74) is 4.40. The lowest BCUT2D eigenvalue weighted by Gasteiger charge is -2.41. The van der Waals surface area contributed by atoms with Crippen molar-refractivity contribution in [2.24, 2.45) is 5.41 Å². The van der Waals surface area contributed by atoms with Crippen LogP contribution in [-0.4, -0.2) is 16.7 Å². The number of rotatable bonds is 3. The van der Waals surface area contributed by atoms with Gasteiger partial charge >= 0.3 is 11.9 Å². The van der Waals surface area contributed by atoms with Gasteiger partial charge in [0.25, 0.3) is 0 Å². The lowest BCUT2D eigenvalue weighted by Crippen LogP contribution is -2.37. The minimum atomic E-state index is -4.36. The van der Waals surface area contributed by atoms with E-state index in [9.17, 15) is 18.0 Å². The Bertz CT molecular complexity index is 1460. The van der Waals surface area contributed by atoms with Crippen molar-refractivity contribution in [3.8, 4) is 22.5 Å². The molecular weight excluding hydrogens is 479 g/mol. The molecule has 0 amide bonds. The maximum Gasteiger partial charge on any atom is 0.439 e. The molecule has 0 saturated carbocycles. The van der Waals surface area contributed by atoms with Crippen LogP contribution in [0.3, 0.4) is 0 Å². The number of anilines is 2. The average Bonchev–Trinajstić information content (AvgIpc) is 3.23. The third-order valence-electron chi connectivity index (χ3n) is 6.13. The Morgan fingerprint density at radius 2 is 1.74 bits per heavy atom. The van der Waals surface area contributed by atoms with Gasteiger partial charge in [0.2, 0.25) is 0 Å². The second-order valence-electron chi connectivity index (χ2n) is 9.45. The fourth-order valence-electron chi connectivity index (χ4n) is 4.55. The molecule has 0 aliphatic carbocycles. The van der Waals surface area contributed by atoms with Crippen molar-refractivity contribution in [1.29, 1.82) is 0 Å². The third-order valence-corrected chi connectivity index (χ3v) is 6.44. The van der Waals surface area contributed by atoms with Crippen LogP contribution in [0.5, 0.6) is 0 Å². The minimum absolute atomic E-state index is 0.0612. The first-order valence-corrected chi connectivity index (χ1v) is 11.3. The highest BCUT2D eigenvalue weighted by molar-refractivity contribution is 6.33. The van der Waals surface area contributed by atoms with E-state index in [-0.39, 0.29) is 11.2 Å². The predicted molar refractivity (Wildman–Crippen MR) is 129 cm³/mol. The highest BCUT2D eigenvalue weighted by Gasteiger charge is 2.32. The molecule has 3 aromatic carbocycles. The van der Waals surface area contributed by atoms with Crippen LogP contribution >= 0.6 is 11.6 Å². The third kappa shape index (κ3) is 4.58. The molecule has 0 bridgehead atoms. The molecule has 0 atom stereocenters. The number of aromatic amines is 1. The van der Waals surface area contributed by atoms with Gasteiger partial charge in [-0.15, -0.1) is 0 Å². The van der Waals surface area contributed by atoms with Gasteiger partial charge < -0.3 is 4.90 Å². The van der Waals surface area contributed by atoms with Crippen LogP contribution < -0.4 is 10.7 Å². The van der Waals surface area contributed by atoms with E-state index in [1.165, 1.54) is 12.1 Å². The zero-order valence-corrected chi connectivity index (χ0v) is 19.7. The minimum Gasteiger partial charge on any atom is -0.341 e. The summed E-state index contributed by atoms with van der Waals surface area (Å²) in [5, 5.41) is 4.12. The number of aromatic nitrogens is 2. The molecule has 0 spiro atoms. The first-order valence-electron chi connectivity index (χ1n) is 10.9. The summed E-state index contributed by atoms with van der Waals surface area (Å²) in [7, 11) is 0. The molecule has 0 saturated heterocycles. The summed E-state index contributed by atoms with van der Waals surface area (Å²) < 4.78 is 43.4. The van der Waals surface area contributed by atoms with Crippen molar-refractivity contribution < 1.29 is 17.7 Å². The predicted octanol–water partition coefficient (Wildman–Crippen LogP) is 7.09. The Morgan fingerprint density at radius 3 is 2.37 bits per heavy atom. The lowest BCUT2D eigenvalue weighted by atomic mass is 9.80. The van der Waals surface area contributed by atoms with Gasteiger partial charge in [0, 0.05) is 23.5 Å². The van der Waals surface area contributed by atoms with Gasteiger partial charge in [0.05, 0.1) is 10.6 Å². The molecule has 1 N–H and O–H groups in total. The maximum atomic E-state index is 12.9. The maximum absolute atomic E-state index is 12.9. The topological polar surface area (TPSA) is 62.1 Å². The molecule has 0 fully saturated rings. The van der Waals surface area contributed by atoms with Gasteiger partial charge in [-0.05, 0) is 71.0 Å². The summed E-state index contributed by atoms with van der Waals surface area (Å²) >= 11 is 6.53. The Hall–Kier alpha value is -3.52. The number of nitrogens with zero attached hydrogens (tertiary/aromatic N) is 2. The van der Waals surface area contributed by atoms with Crippen molar-refractivity contribution in [3.05, 3.63) is 87.4 Å². The second kappa shape index (κ2) is 8.30. The van der Waals surface area contributed by atoms with Crippen LogP contribution in [0, 0.1) is 5.41 Å². The summed E-state index contributed by atoms with van der Waals surface area (Å²) in [6, 6.07) is 16.7. The molecule has 1 aromatic heterocycles. The van der Waals surface area contributed by atoms with Gasteiger partial charge in [0.15, 0.2) is 5.82 Å². The first kappa shape index (κ1) is 23.2. The number of hydrogen-bond donors (Lipinski definition) is 1.